The number of piperidine rings is 1. The van der Waals surface area contributed by atoms with E-state index in [1.165, 1.54) is 51.7 Å². The summed E-state index contributed by atoms with van der Waals surface area (Å²) in [6, 6.07) is 0. The Kier molecular flexibility index (Phi) is 12.1. The van der Waals surface area contributed by atoms with Crippen LogP contribution in [0, 0.1) is 17.8 Å². The van der Waals surface area contributed by atoms with Crippen molar-refractivity contribution in [3.63, 3.8) is 0 Å². The average Bonchev–Trinajstić information content (AvgIpc) is 3.38. The standard InChI is InChI=1S/C20H40N4O.HI/c1-17-13-18(2)15-24(14-17)10-6-5-9-22-20(21-3)23(4)11-12-25-16-19-7-8-19;/h17-19H,5-16H2,1-4H3,(H,21,22);1H. The number of aliphatic imine (C=N–C) groups is 1. The Morgan fingerprint density at radius 2 is 1.88 bits per heavy atom. The van der Waals surface area contributed by atoms with Crippen LogP contribution >= 0.6 is 24.0 Å². The van der Waals surface area contributed by atoms with Gasteiger partial charge in [0.15, 0.2) is 5.96 Å². The number of nitrogens with zero attached hydrogens (tertiary/aromatic N) is 3. The number of guanidine groups is 1. The van der Waals surface area contributed by atoms with E-state index in [-0.39, 0.29) is 24.0 Å². The molecule has 1 heterocycles. The van der Waals surface area contributed by atoms with Gasteiger partial charge in [-0.2, -0.15) is 0 Å². The Hall–Kier alpha value is -0.0800. The molecule has 0 aromatic heterocycles. The molecule has 1 saturated carbocycles. The van der Waals surface area contributed by atoms with Gasteiger partial charge in [0, 0.05) is 46.9 Å². The molecule has 0 bridgehead atoms. The minimum absolute atomic E-state index is 0. The lowest BCUT2D eigenvalue weighted by molar-refractivity contribution is 0.115. The van der Waals surface area contributed by atoms with Crippen LogP contribution in [-0.4, -0.2) is 75.8 Å². The van der Waals surface area contributed by atoms with E-state index in [1.54, 1.807) is 0 Å². The number of unbranched alkanes of at least 4 members (excludes halogenated alkanes) is 1. The zero-order valence-corrected chi connectivity index (χ0v) is 19.7. The Morgan fingerprint density at radius 3 is 2.50 bits per heavy atom. The van der Waals surface area contributed by atoms with E-state index < -0.39 is 0 Å². The second-order valence-corrected chi connectivity index (χ2v) is 8.33. The first kappa shape index (κ1) is 24.0. The van der Waals surface area contributed by atoms with Gasteiger partial charge in [0.05, 0.1) is 6.61 Å². The second kappa shape index (κ2) is 13.2. The first-order valence-corrected chi connectivity index (χ1v) is 10.3. The van der Waals surface area contributed by atoms with Crippen LogP contribution in [0.15, 0.2) is 4.99 Å². The minimum Gasteiger partial charge on any atom is -0.379 e. The van der Waals surface area contributed by atoms with Crippen molar-refractivity contribution in [3.05, 3.63) is 0 Å². The summed E-state index contributed by atoms with van der Waals surface area (Å²) in [5.41, 5.74) is 0. The highest BCUT2D eigenvalue weighted by atomic mass is 127. The summed E-state index contributed by atoms with van der Waals surface area (Å²) < 4.78 is 5.72. The molecule has 1 aliphatic heterocycles. The number of ether oxygens (including phenoxy) is 1. The van der Waals surface area contributed by atoms with Gasteiger partial charge in [0.25, 0.3) is 0 Å². The molecular formula is C20H41IN4O. The van der Waals surface area contributed by atoms with Crippen LogP contribution in [0.2, 0.25) is 0 Å². The number of nitrogens with one attached hydrogen (secondary N) is 1. The Labute approximate surface area is 178 Å². The number of rotatable bonds is 10. The van der Waals surface area contributed by atoms with E-state index in [9.17, 15) is 0 Å². The van der Waals surface area contributed by atoms with Crippen LogP contribution in [0.4, 0.5) is 0 Å². The zero-order chi connectivity index (χ0) is 18.1. The van der Waals surface area contributed by atoms with E-state index in [0.29, 0.717) is 0 Å². The van der Waals surface area contributed by atoms with E-state index in [1.807, 2.05) is 7.05 Å². The topological polar surface area (TPSA) is 40.1 Å². The molecule has 1 saturated heterocycles. The third kappa shape index (κ3) is 9.74. The van der Waals surface area contributed by atoms with Crippen molar-refractivity contribution in [2.75, 3.05) is 60.0 Å². The fourth-order valence-electron chi connectivity index (χ4n) is 3.86. The maximum absolute atomic E-state index is 5.72. The van der Waals surface area contributed by atoms with Gasteiger partial charge in [0.1, 0.15) is 0 Å². The largest absolute Gasteiger partial charge is 0.379 e. The fourth-order valence-corrected chi connectivity index (χ4v) is 3.86. The van der Waals surface area contributed by atoms with E-state index in [4.69, 9.17) is 4.74 Å². The zero-order valence-electron chi connectivity index (χ0n) is 17.4. The smallest absolute Gasteiger partial charge is 0.193 e. The summed E-state index contributed by atoms with van der Waals surface area (Å²) in [7, 11) is 3.95. The van der Waals surface area contributed by atoms with Gasteiger partial charge < -0.3 is 19.9 Å². The molecule has 5 nitrogen and oxygen atoms in total. The first-order valence-electron chi connectivity index (χ1n) is 10.3. The lowest BCUT2D eigenvalue weighted by atomic mass is 9.92. The molecule has 2 aliphatic rings. The Bertz CT molecular complexity index is 393. The maximum Gasteiger partial charge on any atom is 0.193 e. The summed E-state index contributed by atoms with van der Waals surface area (Å²) in [6.07, 6.45) is 6.57. The maximum atomic E-state index is 5.72. The van der Waals surface area contributed by atoms with Gasteiger partial charge in [-0.25, -0.2) is 0 Å². The predicted octanol–water partition coefficient (Wildman–Crippen LogP) is 3.30. The highest BCUT2D eigenvalue weighted by Gasteiger charge is 2.21. The molecule has 0 spiro atoms. The lowest BCUT2D eigenvalue weighted by Gasteiger charge is -2.35. The summed E-state index contributed by atoms with van der Waals surface area (Å²) in [5.74, 6) is 3.54. The normalized spacial score (nSPS) is 24.2. The lowest BCUT2D eigenvalue weighted by Crippen LogP contribution is -2.41. The van der Waals surface area contributed by atoms with Gasteiger partial charge in [0.2, 0.25) is 0 Å². The van der Waals surface area contributed by atoms with Gasteiger partial charge in [-0.3, -0.25) is 4.99 Å². The van der Waals surface area contributed by atoms with Crippen molar-refractivity contribution in [3.8, 4) is 0 Å². The van der Waals surface area contributed by atoms with Gasteiger partial charge in [-0.1, -0.05) is 13.8 Å². The summed E-state index contributed by atoms with van der Waals surface area (Å²) in [4.78, 5) is 9.20. The van der Waals surface area contributed by atoms with Crippen molar-refractivity contribution in [2.24, 2.45) is 22.7 Å². The second-order valence-electron chi connectivity index (χ2n) is 8.33. The number of likely N-dealkylation sites (tertiary alicyclic amines) is 1. The molecular weight excluding hydrogens is 439 g/mol. The number of halogens is 1. The highest BCUT2D eigenvalue weighted by Crippen LogP contribution is 2.28. The summed E-state index contributed by atoms with van der Waals surface area (Å²) >= 11 is 0. The molecule has 26 heavy (non-hydrogen) atoms. The molecule has 2 atom stereocenters. The van der Waals surface area contributed by atoms with Crippen LogP contribution in [0.25, 0.3) is 0 Å². The van der Waals surface area contributed by atoms with Crippen molar-refractivity contribution in [2.45, 2.75) is 46.0 Å². The summed E-state index contributed by atoms with van der Waals surface area (Å²) in [6.45, 7) is 12.2. The molecule has 1 N–H and O–H groups in total. The highest BCUT2D eigenvalue weighted by molar-refractivity contribution is 14.0. The molecule has 6 heteroatoms. The van der Waals surface area contributed by atoms with Gasteiger partial charge >= 0.3 is 0 Å². The van der Waals surface area contributed by atoms with Crippen LogP contribution in [0.3, 0.4) is 0 Å². The third-order valence-electron chi connectivity index (χ3n) is 5.32. The summed E-state index contributed by atoms with van der Waals surface area (Å²) in [5, 5.41) is 3.49. The van der Waals surface area contributed by atoms with Crippen molar-refractivity contribution in [1.29, 1.82) is 0 Å². The SMILES string of the molecule is CN=C(NCCCCN1CC(C)CC(C)C1)N(C)CCOCC1CC1.I. The van der Waals surface area contributed by atoms with Crippen LogP contribution in [0.1, 0.15) is 46.0 Å². The first-order chi connectivity index (χ1) is 12.1. The van der Waals surface area contributed by atoms with Gasteiger partial charge in [-0.05, 0) is 56.4 Å². The Balaban J connectivity index is 0.00000338. The number of likely N-dealkylation sites (N-methyl/N-ethyl adjacent to an activating group) is 1. The Morgan fingerprint density at radius 1 is 1.19 bits per heavy atom. The van der Waals surface area contributed by atoms with Crippen molar-refractivity contribution >= 4 is 29.9 Å². The molecule has 0 amide bonds. The number of hydrogen-bond acceptors (Lipinski definition) is 3. The molecule has 2 fully saturated rings. The fraction of sp³-hybridized carbons (Fsp3) is 0.950. The van der Waals surface area contributed by atoms with E-state index >= 15 is 0 Å². The molecule has 0 radical (unpaired) electrons. The predicted molar refractivity (Wildman–Crippen MR) is 122 cm³/mol. The minimum atomic E-state index is 0. The average molecular weight is 480 g/mol. The van der Waals surface area contributed by atoms with Gasteiger partial charge in [-0.15, -0.1) is 24.0 Å². The molecule has 154 valence electrons. The van der Waals surface area contributed by atoms with Crippen LogP contribution in [-0.2, 0) is 4.74 Å². The molecule has 1 aliphatic carbocycles. The van der Waals surface area contributed by atoms with E-state index in [2.05, 4.69) is 41.0 Å². The van der Waals surface area contributed by atoms with Crippen molar-refractivity contribution < 1.29 is 4.74 Å². The van der Waals surface area contributed by atoms with E-state index in [0.717, 1.165) is 50.0 Å². The molecule has 2 rings (SSSR count). The quantitative estimate of drug-likeness (QED) is 0.226. The number of hydrogen-bond donors (Lipinski definition) is 1. The van der Waals surface area contributed by atoms with Crippen molar-refractivity contribution in [1.82, 2.24) is 15.1 Å². The monoisotopic (exact) mass is 480 g/mol. The van der Waals surface area contributed by atoms with Crippen LogP contribution in [0.5, 0.6) is 0 Å². The van der Waals surface area contributed by atoms with Crippen LogP contribution < -0.4 is 5.32 Å². The molecule has 2 unspecified atom stereocenters. The molecule has 0 aromatic rings. The third-order valence-corrected chi connectivity index (χ3v) is 5.32. The molecule has 0 aromatic carbocycles.